The van der Waals surface area contributed by atoms with Gasteiger partial charge in [-0.25, -0.2) is 9.37 Å². The molecule has 0 spiro atoms. The second-order valence-corrected chi connectivity index (χ2v) is 9.72. The number of halogens is 2. The van der Waals surface area contributed by atoms with Gasteiger partial charge in [0.15, 0.2) is 5.75 Å². The van der Waals surface area contributed by atoms with Gasteiger partial charge >= 0.3 is 0 Å². The fourth-order valence-corrected chi connectivity index (χ4v) is 5.47. The second-order valence-electron chi connectivity index (χ2n) is 9.34. The van der Waals surface area contributed by atoms with Crippen LogP contribution >= 0.6 is 11.6 Å². The highest BCUT2D eigenvalue weighted by molar-refractivity contribution is 6.35. The maximum Gasteiger partial charge on any atom is 0.261 e. The van der Waals surface area contributed by atoms with Crippen molar-refractivity contribution in [1.82, 2.24) is 14.8 Å². The van der Waals surface area contributed by atoms with Crippen molar-refractivity contribution < 1.29 is 28.6 Å². The minimum Gasteiger partial charge on any atom is -0.507 e. The topological polar surface area (TPSA) is 95.4 Å². The second kappa shape index (κ2) is 10.2. The third kappa shape index (κ3) is 4.48. The summed E-state index contributed by atoms with van der Waals surface area (Å²) in [5, 5.41) is 10.4. The molecule has 0 saturated carbocycles. The third-order valence-corrected chi connectivity index (χ3v) is 7.59. The molecule has 1 aromatic heterocycles. The molecule has 2 aromatic rings. The lowest BCUT2D eigenvalue weighted by Crippen LogP contribution is -2.57. The van der Waals surface area contributed by atoms with Gasteiger partial charge in [0.1, 0.15) is 40.3 Å². The number of amides is 2. The number of anilines is 1. The minimum absolute atomic E-state index is 0.0129. The predicted octanol–water partition coefficient (Wildman–Crippen LogP) is 3.09. The maximum absolute atomic E-state index is 14.9. The Balaban J connectivity index is 1.65. The monoisotopic (exact) mass is 530 g/mol. The summed E-state index contributed by atoms with van der Waals surface area (Å²) in [6.07, 6.45) is 2.68. The number of carbonyl (C=O) groups is 2. The van der Waals surface area contributed by atoms with Crippen molar-refractivity contribution in [3.05, 3.63) is 47.3 Å². The summed E-state index contributed by atoms with van der Waals surface area (Å²) >= 11 is 6.75. The Bertz CT molecular complexity index is 1230. The fourth-order valence-electron chi connectivity index (χ4n) is 5.19. The van der Waals surface area contributed by atoms with E-state index < -0.39 is 11.9 Å². The average Bonchev–Trinajstić information content (AvgIpc) is 3.06. The molecular formula is C26H28ClFN4O5. The number of fused-ring (bicyclic) bond motifs is 2. The number of aromatic hydroxyl groups is 1. The molecule has 2 fully saturated rings. The van der Waals surface area contributed by atoms with Gasteiger partial charge in [0.2, 0.25) is 5.91 Å². The number of carbonyl (C=O) groups excluding carboxylic acids is 2. The summed E-state index contributed by atoms with van der Waals surface area (Å²) in [6, 6.07) is 3.54. The molecule has 2 saturated heterocycles. The van der Waals surface area contributed by atoms with Gasteiger partial charge in [-0.15, -0.1) is 0 Å². The van der Waals surface area contributed by atoms with Crippen molar-refractivity contribution in [3.8, 4) is 22.8 Å². The molecule has 0 bridgehead atoms. The molecule has 37 heavy (non-hydrogen) atoms. The number of pyridine rings is 1. The molecule has 0 aliphatic carbocycles. The summed E-state index contributed by atoms with van der Waals surface area (Å²) in [4.78, 5) is 36.1. The Labute approximate surface area is 219 Å². The molecule has 3 aliphatic rings. The van der Waals surface area contributed by atoms with Crippen molar-refractivity contribution >= 4 is 29.2 Å². The number of phenols is 1. The number of aromatic nitrogens is 1. The van der Waals surface area contributed by atoms with E-state index in [-0.39, 0.29) is 64.4 Å². The van der Waals surface area contributed by atoms with E-state index in [4.69, 9.17) is 21.1 Å². The molecule has 4 heterocycles. The molecule has 0 radical (unpaired) electrons. The molecule has 2 amide bonds. The summed E-state index contributed by atoms with van der Waals surface area (Å²) in [6.45, 7) is 5.70. The van der Waals surface area contributed by atoms with E-state index in [0.717, 1.165) is 12.8 Å². The first-order valence-electron chi connectivity index (χ1n) is 12.2. The molecular weight excluding hydrogens is 503 g/mol. The van der Waals surface area contributed by atoms with Crippen LogP contribution in [-0.2, 0) is 9.53 Å². The van der Waals surface area contributed by atoms with Gasteiger partial charge in [0, 0.05) is 45.9 Å². The molecule has 5 rings (SSSR count). The van der Waals surface area contributed by atoms with Crippen molar-refractivity contribution in [2.45, 2.75) is 24.9 Å². The number of ether oxygens (including phenoxy) is 2. The SMILES string of the molecule is C=CC(=O)N1CCN2C(=O)c3c(N(C)C4CCOCC4)nc(-c4c(O)cccc4F)c(Cl)c3OC[C@H]2C1. The Morgan fingerprint density at radius 2 is 2.05 bits per heavy atom. The van der Waals surface area contributed by atoms with Gasteiger partial charge in [-0.05, 0) is 31.1 Å². The quantitative estimate of drug-likeness (QED) is 0.607. The highest BCUT2D eigenvalue weighted by Crippen LogP contribution is 2.46. The van der Waals surface area contributed by atoms with Crippen LogP contribution in [0, 0.1) is 5.82 Å². The zero-order valence-electron chi connectivity index (χ0n) is 20.5. The van der Waals surface area contributed by atoms with E-state index >= 15 is 0 Å². The Hall–Kier alpha value is -3.37. The zero-order valence-corrected chi connectivity index (χ0v) is 21.2. The van der Waals surface area contributed by atoms with E-state index in [1.165, 1.54) is 24.3 Å². The van der Waals surface area contributed by atoms with E-state index in [1.807, 2.05) is 11.9 Å². The van der Waals surface area contributed by atoms with Crippen LogP contribution in [-0.4, -0.2) is 90.3 Å². The van der Waals surface area contributed by atoms with Crippen molar-refractivity contribution in [2.24, 2.45) is 0 Å². The number of hydrogen-bond acceptors (Lipinski definition) is 7. The lowest BCUT2D eigenvalue weighted by Gasteiger charge is -2.40. The molecule has 1 atom stereocenters. The number of phenolic OH excluding ortho intramolecular Hbond substituents is 1. The number of piperazine rings is 1. The molecule has 9 nitrogen and oxygen atoms in total. The van der Waals surface area contributed by atoms with E-state index in [1.54, 1.807) is 9.80 Å². The van der Waals surface area contributed by atoms with Crippen LogP contribution < -0.4 is 9.64 Å². The lowest BCUT2D eigenvalue weighted by molar-refractivity contribution is -0.128. The first kappa shape index (κ1) is 25.3. The number of nitrogens with zero attached hydrogens (tertiary/aromatic N) is 4. The van der Waals surface area contributed by atoms with Crippen molar-refractivity contribution in [2.75, 3.05) is 51.4 Å². The van der Waals surface area contributed by atoms with Gasteiger partial charge < -0.3 is 29.3 Å². The molecule has 0 unspecified atom stereocenters. The smallest absolute Gasteiger partial charge is 0.261 e. The van der Waals surface area contributed by atoms with Gasteiger partial charge in [0.25, 0.3) is 5.91 Å². The predicted molar refractivity (Wildman–Crippen MR) is 136 cm³/mol. The normalized spacial score (nSPS) is 20.0. The summed E-state index contributed by atoms with van der Waals surface area (Å²) in [7, 11) is 1.83. The number of benzene rings is 1. The Morgan fingerprint density at radius 3 is 2.76 bits per heavy atom. The van der Waals surface area contributed by atoms with Crippen LogP contribution in [0.25, 0.3) is 11.3 Å². The molecule has 1 N–H and O–H groups in total. The summed E-state index contributed by atoms with van der Waals surface area (Å²) in [5.41, 5.74) is 0.00308. The molecule has 3 aliphatic heterocycles. The Morgan fingerprint density at radius 1 is 1.30 bits per heavy atom. The van der Waals surface area contributed by atoms with E-state index in [2.05, 4.69) is 11.6 Å². The van der Waals surface area contributed by atoms with Crippen LogP contribution in [0.5, 0.6) is 11.5 Å². The first-order chi connectivity index (χ1) is 17.8. The minimum atomic E-state index is -0.704. The van der Waals surface area contributed by atoms with Crippen molar-refractivity contribution in [3.63, 3.8) is 0 Å². The highest BCUT2D eigenvalue weighted by Gasteiger charge is 2.41. The summed E-state index contributed by atoms with van der Waals surface area (Å²) < 4.78 is 26.6. The first-order valence-corrected chi connectivity index (χ1v) is 12.6. The Kier molecular flexibility index (Phi) is 6.96. The fraction of sp³-hybridized carbons (Fsp3) is 0.423. The molecule has 11 heteroatoms. The zero-order chi connectivity index (χ0) is 26.3. The third-order valence-electron chi connectivity index (χ3n) is 7.24. The van der Waals surface area contributed by atoms with E-state index in [9.17, 15) is 19.1 Å². The largest absolute Gasteiger partial charge is 0.507 e. The van der Waals surface area contributed by atoms with Gasteiger partial charge in [-0.1, -0.05) is 24.2 Å². The molecule has 1 aromatic carbocycles. The number of hydrogen-bond donors (Lipinski definition) is 1. The maximum atomic E-state index is 14.9. The van der Waals surface area contributed by atoms with Crippen LogP contribution in [0.4, 0.5) is 10.2 Å². The standard InChI is InChI=1S/C26H28ClFN4O5/c1-3-19(34)31-9-10-32-16(13-31)14-37-24-21(26(32)35)25(30(2)15-7-11-36-12-8-15)29-23(22(24)27)20-17(28)5-4-6-18(20)33/h3-6,15-16,33H,1,7-14H2,2H3/t16-/m1/s1. The van der Waals surface area contributed by atoms with E-state index in [0.29, 0.717) is 32.1 Å². The van der Waals surface area contributed by atoms with Crippen LogP contribution in [0.2, 0.25) is 5.02 Å². The highest BCUT2D eigenvalue weighted by atomic mass is 35.5. The van der Waals surface area contributed by atoms with Crippen LogP contribution in [0.15, 0.2) is 30.9 Å². The van der Waals surface area contributed by atoms with Crippen LogP contribution in [0.1, 0.15) is 23.2 Å². The lowest BCUT2D eigenvalue weighted by atomic mass is 10.0. The average molecular weight is 531 g/mol. The van der Waals surface area contributed by atoms with Gasteiger partial charge in [0.05, 0.1) is 11.6 Å². The van der Waals surface area contributed by atoms with Crippen LogP contribution in [0.3, 0.4) is 0 Å². The number of rotatable bonds is 4. The van der Waals surface area contributed by atoms with Crippen molar-refractivity contribution in [1.29, 1.82) is 0 Å². The summed E-state index contributed by atoms with van der Waals surface area (Å²) in [5.74, 6) is -1.19. The van der Waals surface area contributed by atoms with Gasteiger partial charge in [-0.2, -0.15) is 0 Å². The van der Waals surface area contributed by atoms with Gasteiger partial charge in [-0.3, -0.25) is 9.59 Å². The molecule has 196 valence electrons.